The van der Waals surface area contributed by atoms with Crippen LogP contribution in [0.3, 0.4) is 0 Å². The van der Waals surface area contributed by atoms with Crippen LogP contribution in [0.4, 0.5) is 4.39 Å². The van der Waals surface area contributed by atoms with E-state index >= 15 is 0 Å². The lowest BCUT2D eigenvalue weighted by atomic mass is 9.82. The number of hydrogen-bond acceptors (Lipinski definition) is 4. The van der Waals surface area contributed by atoms with Crippen LogP contribution in [-0.2, 0) is 13.1 Å². The van der Waals surface area contributed by atoms with Crippen LogP contribution in [0.5, 0.6) is 5.75 Å². The summed E-state index contributed by atoms with van der Waals surface area (Å²) >= 11 is 0. The Morgan fingerprint density at radius 3 is 2.50 bits per heavy atom. The van der Waals surface area contributed by atoms with Crippen molar-refractivity contribution in [2.45, 2.75) is 39.8 Å². The first kappa shape index (κ1) is 17.1. The summed E-state index contributed by atoms with van der Waals surface area (Å²) in [4.78, 5) is 6.45. The number of likely N-dealkylation sites (tertiary alicyclic amines) is 1. The second kappa shape index (κ2) is 6.65. The van der Waals surface area contributed by atoms with Crippen molar-refractivity contribution in [1.82, 2.24) is 9.88 Å². The molecule has 0 saturated carbocycles. The van der Waals surface area contributed by atoms with Crippen LogP contribution >= 0.6 is 0 Å². The monoisotopic (exact) mass is 331 g/mol. The Labute approximate surface area is 142 Å². The number of pyridine rings is 1. The molecule has 0 atom stereocenters. The van der Waals surface area contributed by atoms with Gasteiger partial charge in [-0.25, -0.2) is 4.98 Å². The first-order chi connectivity index (χ1) is 11.4. The van der Waals surface area contributed by atoms with Crippen LogP contribution in [0.1, 0.15) is 37.8 Å². The summed E-state index contributed by atoms with van der Waals surface area (Å²) in [6, 6.07) is 5.60. The van der Waals surface area contributed by atoms with Crippen molar-refractivity contribution < 1.29 is 9.13 Å². The highest BCUT2D eigenvalue weighted by Gasteiger charge is 2.25. The van der Waals surface area contributed by atoms with Gasteiger partial charge in [-0.15, -0.1) is 0 Å². The van der Waals surface area contributed by atoms with E-state index < -0.39 is 5.95 Å². The number of halogens is 1. The van der Waals surface area contributed by atoms with Gasteiger partial charge < -0.3 is 10.5 Å². The SMILES string of the molecule is COc1cc2nc(F)c(CN3CCC(C)(C)CC3)cc2cc1CN. The molecule has 2 heterocycles. The molecule has 1 aromatic carbocycles. The van der Waals surface area contributed by atoms with E-state index in [2.05, 4.69) is 23.7 Å². The lowest BCUT2D eigenvalue weighted by Crippen LogP contribution is -2.37. The maximum Gasteiger partial charge on any atom is 0.217 e. The summed E-state index contributed by atoms with van der Waals surface area (Å²) in [6.45, 7) is 7.58. The van der Waals surface area contributed by atoms with Crippen LogP contribution in [-0.4, -0.2) is 30.1 Å². The summed E-state index contributed by atoms with van der Waals surface area (Å²) < 4.78 is 19.7. The minimum Gasteiger partial charge on any atom is -0.496 e. The maximum atomic E-state index is 14.4. The highest BCUT2D eigenvalue weighted by Crippen LogP contribution is 2.31. The number of aromatic nitrogens is 1. The minimum absolute atomic E-state index is 0.382. The molecule has 0 bridgehead atoms. The Hall–Kier alpha value is -1.72. The molecule has 2 N–H and O–H groups in total. The number of nitrogens with zero attached hydrogens (tertiary/aromatic N) is 2. The zero-order chi connectivity index (χ0) is 17.3. The number of fused-ring (bicyclic) bond motifs is 1. The van der Waals surface area contributed by atoms with Gasteiger partial charge in [0.05, 0.1) is 12.6 Å². The molecular formula is C19H26FN3O. The molecule has 24 heavy (non-hydrogen) atoms. The molecule has 0 spiro atoms. The van der Waals surface area contributed by atoms with Crippen molar-refractivity contribution in [3.05, 3.63) is 35.3 Å². The zero-order valence-corrected chi connectivity index (χ0v) is 14.7. The topological polar surface area (TPSA) is 51.4 Å². The summed E-state index contributed by atoms with van der Waals surface area (Å²) in [7, 11) is 1.59. The fraction of sp³-hybridized carbons (Fsp3) is 0.526. The number of hydrogen-bond donors (Lipinski definition) is 1. The van der Waals surface area contributed by atoms with Crippen LogP contribution in [0.25, 0.3) is 10.9 Å². The van der Waals surface area contributed by atoms with Crippen molar-refractivity contribution in [3.63, 3.8) is 0 Å². The van der Waals surface area contributed by atoms with Crippen molar-refractivity contribution in [3.8, 4) is 5.75 Å². The minimum atomic E-state index is -0.394. The van der Waals surface area contributed by atoms with Gasteiger partial charge in [0.15, 0.2) is 0 Å². The van der Waals surface area contributed by atoms with Gasteiger partial charge >= 0.3 is 0 Å². The van der Waals surface area contributed by atoms with E-state index in [0.717, 1.165) is 36.9 Å². The van der Waals surface area contributed by atoms with E-state index in [0.29, 0.717) is 35.3 Å². The van der Waals surface area contributed by atoms with Gasteiger partial charge in [-0.3, -0.25) is 4.90 Å². The smallest absolute Gasteiger partial charge is 0.217 e. The van der Waals surface area contributed by atoms with Gasteiger partial charge in [-0.05, 0) is 43.5 Å². The first-order valence-corrected chi connectivity index (χ1v) is 8.50. The molecule has 0 aliphatic carbocycles. The summed E-state index contributed by atoms with van der Waals surface area (Å²) in [5, 5.41) is 0.907. The lowest BCUT2D eigenvalue weighted by Gasteiger charge is -2.36. The first-order valence-electron chi connectivity index (χ1n) is 8.50. The van der Waals surface area contributed by atoms with E-state index in [1.807, 2.05) is 12.1 Å². The predicted molar refractivity (Wildman–Crippen MR) is 94.4 cm³/mol. The average molecular weight is 331 g/mol. The second-order valence-electron chi connectivity index (χ2n) is 7.44. The van der Waals surface area contributed by atoms with E-state index in [1.54, 1.807) is 13.2 Å². The standard InChI is InChI=1S/C19H26FN3O/c1-19(2)4-6-23(7-5-19)12-15-9-13-8-14(11-21)17(24-3)10-16(13)22-18(15)20/h8-10H,4-7,11-12,21H2,1-3H3. The molecule has 130 valence electrons. The van der Waals surface area contributed by atoms with E-state index in [1.165, 1.54) is 0 Å². The fourth-order valence-corrected chi connectivity index (χ4v) is 3.29. The molecule has 5 heteroatoms. The quantitative estimate of drug-likeness (QED) is 0.872. The number of piperidine rings is 1. The molecule has 0 amide bonds. The number of nitrogens with two attached hydrogens (primary N) is 1. The fourth-order valence-electron chi connectivity index (χ4n) is 3.29. The zero-order valence-electron chi connectivity index (χ0n) is 14.7. The molecule has 0 unspecified atom stereocenters. The predicted octanol–water partition coefficient (Wildman–Crippen LogP) is 3.46. The van der Waals surface area contributed by atoms with Crippen LogP contribution in [0, 0.1) is 11.4 Å². The number of ether oxygens (including phenoxy) is 1. The van der Waals surface area contributed by atoms with E-state index in [9.17, 15) is 4.39 Å². The molecule has 1 aromatic heterocycles. The molecule has 0 radical (unpaired) electrons. The molecule has 1 fully saturated rings. The molecule has 2 aromatic rings. The van der Waals surface area contributed by atoms with Gasteiger partial charge in [0, 0.05) is 35.7 Å². The summed E-state index contributed by atoms with van der Waals surface area (Å²) in [6.07, 6.45) is 2.29. The molecule has 1 aliphatic heterocycles. The third kappa shape index (κ3) is 3.52. The Morgan fingerprint density at radius 2 is 1.88 bits per heavy atom. The summed E-state index contributed by atoms with van der Waals surface area (Å²) in [5.74, 6) is 0.262. The van der Waals surface area contributed by atoms with Gasteiger partial charge in [-0.2, -0.15) is 4.39 Å². The van der Waals surface area contributed by atoms with Crippen LogP contribution in [0.2, 0.25) is 0 Å². The lowest BCUT2D eigenvalue weighted by molar-refractivity contribution is 0.126. The van der Waals surface area contributed by atoms with Gasteiger partial charge in [-0.1, -0.05) is 13.8 Å². The van der Waals surface area contributed by atoms with Crippen molar-refractivity contribution in [1.29, 1.82) is 0 Å². The molecule has 3 rings (SSSR count). The summed E-state index contributed by atoms with van der Waals surface area (Å²) in [5.41, 5.74) is 8.33. The molecule has 4 nitrogen and oxygen atoms in total. The van der Waals surface area contributed by atoms with Gasteiger partial charge in [0.25, 0.3) is 0 Å². The van der Waals surface area contributed by atoms with Crippen LogP contribution in [0.15, 0.2) is 18.2 Å². The normalized spacial score (nSPS) is 18.0. The molecular weight excluding hydrogens is 305 g/mol. The Balaban J connectivity index is 1.87. The number of methoxy groups -OCH3 is 1. The Bertz CT molecular complexity index is 735. The van der Waals surface area contributed by atoms with Crippen molar-refractivity contribution >= 4 is 10.9 Å². The maximum absolute atomic E-state index is 14.4. The van der Waals surface area contributed by atoms with E-state index in [4.69, 9.17) is 10.5 Å². The number of benzene rings is 1. The average Bonchev–Trinajstić information content (AvgIpc) is 2.56. The highest BCUT2D eigenvalue weighted by atomic mass is 19.1. The largest absolute Gasteiger partial charge is 0.496 e. The third-order valence-electron chi connectivity index (χ3n) is 5.07. The second-order valence-corrected chi connectivity index (χ2v) is 7.44. The highest BCUT2D eigenvalue weighted by molar-refractivity contribution is 5.82. The Morgan fingerprint density at radius 1 is 1.21 bits per heavy atom. The number of rotatable bonds is 4. The molecule has 1 aliphatic rings. The third-order valence-corrected chi connectivity index (χ3v) is 5.07. The molecule has 1 saturated heterocycles. The van der Waals surface area contributed by atoms with Gasteiger partial charge in [0.1, 0.15) is 5.75 Å². The van der Waals surface area contributed by atoms with Crippen molar-refractivity contribution in [2.24, 2.45) is 11.1 Å². The van der Waals surface area contributed by atoms with Crippen molar-refractivity contribution in [2.75, 3.05) is 20.2 Å². The van der Waals surface area contributed by atoms with Gasteiger partial charge in [0.2, 0.25) is 5.95 Å². The van der Waals surface area contributed by atoms with Crippen LogP contribution < -0.4 is 10.5 Å². The Kier molecular flexibility index (Phi) is 4.74. The van der Waals surface area contributed by atoms with E-state index in [-0.39, 0.29) is 0 Å².